The summed E-state index contributed by atoms with van der Waals surface area (Å²) in [5, 5.41) is 5.80. The van der Waals surface area contributed by atoms with Crippen LogP contribution in [0.5, 0.6) is 0 Å². The second kappa shape index (κ2) is 3.14. The van der Waals surface area contributed by atoms with E-state index in [1.54, 1.807) is 12.3 Å². The van der Waals surface area contributed by atoms with Crippen LogP contribution in [-0.2, 0) is 13.1 Å². The van der Waals surface area contributed by atoms with Crippen molar-refractivity contribution in [3.63, 3.8) is 0 Å². The fourth-order valence-electron chi connectivity index (χ4n) is 1.53. The third-order valence-electron chi connectivity index (χ3n) is 2.16. The second-order valence-electron chi connectivity index (χ2n) is 3.00. The molecule has 0 aliphatic carbocycles. The van der Waals surface area contributed by atoms with Gasteiger partial charge in [-0.2, -0.15) is 0 Å². The van der Waals surface area contributed by atoms with Crippen molar-refractivity contribution in [1.29, 1.82) is 0 Å². The van der Waals surface area contributed by atoms with Crippen LogP contribution in [0.15, 0.2) is 12.3 Å². The van der Waals surface area contributed by atoms with E-state index >= 15 is 0 Å². The Kier molecular flexibility index (Phi) is 1.98. The Hall–Kier alpha value is -1.42. The van der Waals surface area contributed by atoms with Crippen LogP contribution in [0.3, 0.4) is 0 Å². The largest absolute Gasteiger partial charge is 0.348 e. The molecule has 0 aromatic carbocycles. The number of amides is 1. The molecule has 0 bridgehead atoms. The molecular formula is C9H11N3O. The van der Waals surface area contributed by atoms with Crippen molar-refractivity contribution in [2.24, 2.45) is 0 Å². The lowest BCUT2D eigenvalue weighted by Gasteiger charge is -2.03. The second-order valence-corrected chi connectivity index (χ2v) is 3.00. The summed E-state index contributed by atoms with van der Waals surface area (Å²) in [5.74, 6) is 0.00903. The summed E-state index contributed by atoms with van der Waals surface area (Å²) in [4.78, 5) is 15.5. The van der Waals surface area contributed by atoms with E-state index in [0.29, 0.717) is 13.1 Å². The van der Waals surface area contributed by atoms with Crippen LogP contribution in [0.25, 0.3) is 0 Å². The Morgan fingerprint density at radius 1 is 1.69 bits per heavy atom. The van der Waals surface area contributed by atoms with Crippen molar-refractivity contribution < 1.29 is 4.79 Å². The lowest BCUT2D eigenvalue weighted by molar-refractivity contribution is 0.0965. The Morgan fingerprint density at radius 2 is 2.54 bits per heavy atom. The molecule has 1 amide bonds. The number of fused-ring (bicyclic) bond motifs is 1. The first-order chi connectivity index (χ1) is 6.33. The number of rotatable bonds is 2. The molecule has 2 N–H and O–H groups in total. The maximum Gasteiger partial charge on any atom is 0.252 e. The molecule has 0 unspecified atom stereocenters. The number of hydrogen-bond donors (Lipinski definition) is 2. The Balaban J connectivity index is 2.44. The fourth-order valence-corrected chi connectivity index (χ4v) is 1.53. The molecule has 68 valence electrons. The van der Waals surface area contributed by atoms with Crippen LogP contribution in [0, 0.1) is 0 Å². The maximum absolute atomic E-state index is 11.3. The monoisotopic (exact) mass is 177 g/mol. The van der Waals surface area contributed by atoms with Crippen LogP contribution in [0.1, 0.15) is 21.6 Å². The normalized spacial score (nSPS) is 14.1. The molecule has 2 heterocycles. The van der Waals surface area contributed by atoms with Gasteiger partial charge in [0.2, 0.25) is 0 Å². The zero-order chi connectivity index (χ0) is 9.26. The van der Waals surface area contributed by atoms with Gasteiger partial charge in [-0.05, 0) is 13.1 Å². The number of carbonyl (C=O) groups is 1. The maximum atomic E-state index is 11.3. The van der Waals surface area contributed by atoms with Gasteiger partial charge in [0.1, 0.15) is 0 Å². The van der Waals surface area contributed by atoms with Crippen molar-refractivity contribution in [2.45, 2.75) is 13.1 Å². The molecule has 4 nitrogen and oxygen atoms in total. The highest BCUT2D eigenvalue weighted by atomic mass is 16.1. The van der Waals surface area contributed by atoms with Gasteiger partial charge >= 0.3 is 0 Å². The number of nitrogens with one attached hydrogen (secondary N) is 2. The SMILES string of the molecule is CNCc1nccc2c1CNC2=O. The molecule has 0 saturated carbocycles. The van der Waals surface area contributed by atoms with E-state index in [-0.39, 0.29) is 5.91 Å². The minimum absolute atomic E-state index is 0.00903. The summed E-state index contributed by atoms with van der Waals surface area (Å²) in [5.41, 5.74) is 2.75. The third kappa shape index (κ3) is 1.29. The van der Waals surface area contributed by atoms with Crippen molar-refractivity contribution in [3.05, 3.63) is 29.1 Å². The first-order valence-electron chi connectivity index (χ1n) is 4.22. The number of nitrogens with zero attached hydrogens (tertiary/aromatic N) is 1. The zero-order valence-corrected chi connectivity index (χ0v) is 7.42. The molecule has 13 heavy (non-hydrogen) atoms. The van der Waals surface area contributed by atoms with Crippen LogP contribution >= 0.6 is 0 Å². The smallest absolute Gasteiger partial charge is 0.252 e. The van der Waals surface area contributed by atoms with Crippen molar-refractivity contribution in [2.75, 3.05) is 7.05 Å². The van der Waals surface area contributed by atoms with Crippen molar-refractivity contribution in [1.82, 2.24) is 15.6 Å². The average Bonchev–Trinajstić information content (AvgIpc) is 2.50. The number of carbonyl (C=O) groups excluding carboxylic acids is 1. The molecule has 0 spiro atoms. The lowest BCUT2D eigenvalue weighted by atomic mass is 10.1. The summed E-state index contributed by atoms with van der Waals surface area (Å²) in [6.45, 7) is 1.32. The molecule has 0 fully saturated rings. The van der Waals surface area contributed by atoms with Crippen LogP contribution in [0.2, 0.25) is 0 Å². The lowest BCUT2D eigenvalue weighted by Crippen LogP contribution is -2.12. The van der Waals surface area contributed by atoms with E-state index in [2.05, 4.69) is 15.6 Å². The molecule has 0 atom stereocenters. The molecule has 4 heteroatoms. The molecule has 0 radical (unpaired) electrons. The minimum Gasteiger partial charge on any atom is -0.348 e. The van der Waals surface area contributed by atoms with Gasteiger partial charge in [0.25, 0.3) is 5.91 Å². The number of aromatic nitrogens is 1. The summed E-state index contributed by atoms with van der Waals surface area (Å²) >= 11 is 0. The quantitative estimate of drug-likeness (QED) is 0.671. The Labute approximate surface area is 76.4 Å². The highest BCUT2D eigenvalue weighted by Gasteiger charge is 2.21. The van der Waals surface area contributed by atoms with E-state index in [1.165, 1.54) is 0 Å². The fraction of sp³-hybridized carbons (Fsp3) is 0.333. The average molecular weight is 177 g/mol. The molecule has 1 aliphatic heterocycles. The van der Waals surface area contributed by atoms with Gasteiger partial charge < -0.3 is 10.6 Å². The van der Waals surface area contributed by atoms with E-state index in [1.807, 2.05) is 7.05 Å². The van der Waals surface area contributed by atoms with E-state index in [9.17, 15) is 4.79 Å². The summed E-state index contributed by atoms with van der Waals surface area (Å²) < 4.78 is 0. The third-order valence-corrected chi connectivity index (χ3v) is 2.16. The first-order valence-corrected chi connectivity index (χ1v) is 4.22. The summed E-state index contributed by atoms with van der Waals surface area (Å²) in [6.07, 6.45) is 1.68. The summed E-state index contributed by atoms with van der Waals surface area (Å²) in [6, 6.07) is 1.76. The Morgan fingerprint density at radius 3 is 3.31 bits per heavy atom. The first kappa shape index (κ1) is 8.19. The van der Waals surface area contributed by atoms with Crippen molar-refractivity contribution in [3.8, 4) is 0 Å². The van der Waals surface area contributed by atoms with Crippen LogP contribution < -0.4 is 10.6 Å². The highest BCUT2D eigenvalue weighted by Crippen LogP contribution is 2.17. The predicted molar refractivity (Wildman–Crippen MR) is 48.2 cm³/mol. The van der Waals surface area contributed by atoms with Gasteiger partial charge in [-0.15, -0.1) is 0 Å². The van der Waals surface area contributed by atoms with E-state index < -0.39 is 0 Å². The molecule has 1 aromatic heterocycles. The number of pyridine rings is 1. The van der Waals surface area contributed by atoms with Gasteiger partial charge in [0.05, 0.1) is 5.69 Å². The topological polar surface area (TPSA) is 54.0 Å². The van der Waals surface area contributed by atoms with Gasteiger partial charge in [-0.1, -0.05) is 0 Å². The van der Waals surface area contributed by atoms with Gasteiger partial charge in [0, 0.05) is 30.4 Å². The Bertz CT molecular complexity index is 349. The van der Waals surface area contributed by atoms with Crippen LogP contribution in [-0.4, -0.2) is 17.9 Å². The van der Waals surface area contributed by atoms with E-state index in [4.69, 9.17) is 0 Å². The zero-order valence-electron chi connectivity index (χ0n) is 7.42. The molecule has 1 aromatic rings. The number of hydrogen-bond acceptors (Lipinski definition) is 3. The predicted octanol–water partition coefficient (Wildman–Crippen LogP) is 0.0444. The summed E-state index contributed by atoms with van der Waals surface area (Å²) in [7, 11) is 1.87. The van der Waals surface area contributed by atoms with Gasteiger partial charge in [-0.3, -0.25) is 9.78 Å². The van der Waals surface area contributed by atoms with Gasteiger partial charge in [-0.25, -0.2) is 0 Å². The van der Waals surface area contributed by atoms with Crippen molar-refractivity contribution >= 4 is 5.91 Å². The minimum atomic E-state index is 0.00903. The highest BCUT2D eigenvalue weighted by molar-refractivity contribution is 5.98. The molecule has 2 rings (SSSR count). The molecule has 1 aliphatic rings. The van der Waals surface area contributed by atoms with Gasteiger partial charge in [0.15, 0.2) is 0 Å². The standard InChI is InChI=1S/C9H11N3O/c1-10-5-8-7-4-12-9(13)6(7)2-3-11-8/h2-3,10H,4-5H2,1H3,(H,12,13). The van der Waals surface area contributed by atoms with E-state index in [0.717, 1.165) is 16.8 Å². The van der Waals surface area contributed by atoms with Crippen LogP contribution in [0.4, 0.5) is 0 Å². The molecule has 0 saturated heterocycles. The molecular weight excluding hydrogens is 166 g/mol.